The van der Waals surface area contributed by atoms with Crippen molar-refractivity contribution in [3.05, 3.63) is 34.9 Å². The molecule has 3 nitrogen and oxygen atoms in total. The van der Waals surface area contributed by atoms with Crippen molar-refractivity contribution in [2.75, 3.05) is 0 Å². The number of benzene rings is 1. The Balaban J connectivity index is 3.31. The van der Waals surface area contributed by atoms with Crippen LogP contribution in [0, 0.1) is 12.3 Å². The Hall–Kier alpha value is -1.35. The maximum Gasteiger partial charge on any atom is 0.311 e. The molecule has 0 fully saturated rings. The van der Waals surface area contributed by atoms with Gasteiger partial charge in [0, 0.05) is 6.04 Å². The first-order valence-corrected chi connectivity index (χ1v) is 6.58. The van der Waals surface area contributed by atoms with Gasteiger partial charge < -0.3 is 10.8 Å². The van der Waals surface area contributed by atoms with Gasteiger partial charge >= 0.3 is 5.97 Å². The van der Waals surface area contributed by atoms with Crippen LogP contribution in [0.4, 0.5) is 0 Å². The van der Waals surface area contributed by atoms with Crippen LogP contribution in [0.2, 0.25) is 0 Å². The molecule has 0 aliphatic rings. The van der Waals surface area contributed by atoms with E-state index < -0.39 is 17.4 Å². The summed E-state index contributed by atoms with van der Waals surface area (Å²) in [6, 6.07) is 5.63. The number of carboxylic acid groups (broad SMARTS) is 1. The third-order valence-electron chi connectivity index (χ3n) is 3.81. The highest BCUT2D eigenvalue weighted by Gasteiger charge is 2.36. The predicted molar refractivity (Wildman–Crippen MR) is 78.2 cm³/mol. The number of hydrogen-bond acceptors (Lipinski definition) is 2. The van der Waals surface area contributed by atoms with E-state index in [1.54, 1.807) is 13.8 Å². The molecule has 1 unspecified atom stereocenters. The summed E-state index contributed by atoms with van der Waals surface area (Å²) in [5, 5.41) is 9.31. The van der Waals surface area contributed by atoms with E-state index in [9.17, 15) is 9.90 Å². The zero-order chi connectivity index (χ0) is 15.0. The van der Waals surface area contributed by atoms with Gasteiger partial charge in [-0.05, 0) is 42.9 Å². The molecule has 0 saturated carbocycles. The number of nitrogens with two attached hydrogens (primary N) is 1. The maximum atomic E-state index is 11.3. The van der Waals surface area contributed by atoms with Gasteiger partial charge in [0.2, 0.25) is 0 Å². The van der Waals surface area contributed by atoms with E-state index in [0.717, 1.165) is 11.1 Å². The van der Waals surface area contributed by atoms with Gasteiger partial charge in [-0.3, -0.25) is 4.79 Å². The van der Waals surface area contributed by atoms with E-state index in [0.29, 0.717) is 0 Å². The quantitative estimate of drug-likeness (QED) is 0.878. The minimum Gasteiger partial charge on any atom is -0.481 e. The topological polar surface area (TPSA) is 63.3 Å². The number of aliphatic carboxylic acids is 1. The summed E-state index contributed by atoms with van der Waals surface area (Å²) in [6.07, 6.45) is 0. The second-order valence-electron chi connectivity index (χ2n) is 6.83. The molecular formula is C16H25NO2. The van der Waals surface area contributed by atoms with E-state index in [2.05, 4.69) is 26.8 Å². The lowest BCUT2D eigenvalue weighted by molar-refractivity contribution is -0.148. The normalized spacial score (nSPS) is 14.3. The van der Waals surface area contributed by atoms with Crippen LogP contribution < -0.4 is 5.73 Å². The number of hydrogen-bond donors (Lipinski definition) is 2. The molecule has 0 heterocycles. The Morgan fingerprint density at radius 2 is 1.74 bits per heavy atom. The third kappa shape index (κ3) is 3.16. The molecule has 3 N–H and O–H groups in total. The Morgan fingerprint density at radius 3 is 2.16 bits per heavy atom. The summed E-state index contributed by atoms with van der Waals surface area (Å²) in [7, 11) is 0. The number of carbonyl (C=O) groups is 1. The molecule has 19 heavy (non-hydrogen) atoms. The fraction of sp³-hybridized carbons (Fsp3) is 0.562. The predicted octanol–water partition coefficient (Wildman–Crippen LogP) is 3.40. The summed E-state index contributed by atoms with van der Waals surface area (Å²) in [4.78, 5) is 11.3. The van der Waals surface area contributed by atoms with E-state index >= 15 is 0 Å². The van der Waals surface area contributed by atoms with E-state index in [1.165, 1.54) is 5.56 Å². The van der Waals surface area contributed by atoms with Crippen LogP contribution in [0.1, 0.15) is 57.4 Å². The van der Waals surface area contributed by atoms with Crippen molar-refractivity contribution in [1.82, 2.24) is 0 Å². The number of aryl methyl sites for hydroxylation is 1. The van der Waals surface area contributed by atoms with Crippen LogP contribution in [-0.4, -0.2) is 11.1 Å². The maximum absolute atomic E-state index is 11.3. The van der Waals surface area contributed by atoms with Crippen molar-refractivity contribution in [2.45, 2.75) is 53.0 Å². The monoisotopic (exact) mass is 263 g/mol. The average Bonchev–Trinajstić information content (AvgIpc) is 2.26. The summed E-state index contributed by atoms with van der Waals surface area (Å²) < 4.78 is 0. The molecular weight excluding hydrogens is 238 g/mol. The zero-order valence-electron chi connectivity index (χ0n) is 12.7. The van der Waals surface area contributed by atoms with Crippen LogP contribution in [0.15, 0.2) is 18.2 Å². The Morgan fingerprint density at radius 1 is 1.21 bits per heavy atom. The molecule has 1 rings (SSSR count). The lowest BCUT2D eigenvalue weighted by Crippen LogP contribution is -2.37. The first kappa shape index (κ1) is 15.7. The molecule has 0 spiro atoms. The van der Waals surface area contributed by atoms with Gasteiger partial charge in [-0.15, -0.1) is 0 Å². The average molecular weight is 263 g/mol. The first-order valence-electron chi connectivity index (χ1n) is 6.58. The molecule has 0 bridgehead atoms. The highest BCUT2D eigenvalue weighted by atomic mass is 16.4. The summed E-state index contributed by atoms with van der Waals surface area (Å²) in [5.41, 5.74) is 8.37. The molecule has 0 aliphatic carbocycles. The smallest absolute Gasteiger partial charge is 0.311 e. The summed E-state index contributed by atoms with van der Waals surface area (Å²) in [5.74, 6) is -0.874. The second-order valence-corrected chi connectivity index (χ2v) is 6.83. The third-order valence-corrected chi connectivity index (χ3v) is 3.81. The van der Waals surface area contributed by atoms with Crippen molar-refractivity contribution in [2.24, 2.45) is 11.1 Å². The molecule has 0 aliphatic heterocycles. The van der Waals surface area contributed by atoms with Crippen LogP contribution in [0.5, 0.6) is 0 Å². The molecule has 1 atom stereocenters. The zero-order valence-corrected chi connectivity index (χ0v) is 12.7. The van der Waals surface area contributed by atoms with Crippen LogP contribution in [-0.2, 0) is 10.2 Å². The molecule has 0 aromatic heterocycles. The molecule has 0 saturated heterocycles. The lowest BCUT2D eigenvalue weighted by atomic mass is 9.77. The SMILES string of the molecule is Cc1ccc(C(C)(C)C)cc1C(N)C(C)(C)C(=O)O. The first-order chi connectivity index (χ1) is 8.48. The Labute approximate surface area is 115 Å². The Bertz CT molecular complexity index is 484. The Kier molecular flexibility index (Phi) is 4.11. The lowest BCUT2D eigenvalue weighted by Gasteiger charge is -2.30. The van der Waals surface area contributed by atoms with Gasteiger partial charge in [-0.2, -0.15) is 0 Å². The largest absolute Gasteiger partial charge is 0.481 e. The van der Waals surface area contributed by atoms with Gasteiger partial charge in [0.15, 0.2) is 0 Å². The van der Waals surface area contributed by atoms with E-state index in [-0.39, 0.29) is 5.41 Å². The molecule has 1 aromatic rings. The van der Waals surface area contributed by atoms with Crippen molar-refractivity contribution in [1.29, 1.82) is 0 Å². The van der Waals surface area contributed by atoms with Gasteiger partial charge in [0.1, 0.15) is 0 Å². The van der Waals surface area contributed by atoms with Crippen molar-refractivity contribution in [3.8, 4) is 0 Å². The molecule has 0 radical (unpaired) electrons. The van der Waals surface area contributed by atoms with Crippen LogP contribution in [0.3, 0.4) is 0 Å². The minimum absolute atomic E-state index is 0.0233. The van der Waals surface area contributed by atoms with Crippen molar-refractivity contribution >= 4 is 5.97 Å². The summed E-state index contributed by atoms with van der Waals surface area (Å²) in [6.45, 7) is 11.7. The standard InChI is InChI=1S/C16H25NO2/c1-10-7-8-11(15(2,3)4)9-12(10)13(17)16(5,6)14(18)19/h7-9,13H,17H2,1-6H3,(H,18,19). The highest BCUT2D eigenvalue weighted by Crippen LogP contribution is 2.35. The highest BCUT2D eigenvalue weighted by molar-refractivity contribution is 5.75. The van der Waals surface area contributed by atoms with Gasteiger partial charge in [-0.25, -0.2) is 0 Å². The summed E-state index contributed by atoms with van der Waals surface area (Å²) >= 11 is 0. The number of rotatable bonds is 3. The molecule has 0 amide bonds. The number of carboxylic acids is 1. The molecule has 3 heteroatoms. The fourth-order valence-electron chi connectivity index (χ4n) is 1.96. The van der Waals surface area contributed by atoms with Crippen LogP contribution >= 0.6 is 0 Å². The van der Waals surface area contributed by atoms with Gasteiger partial charge in [-0.1, -0.05) is 39.0 Å². The van der Waals surface area contributed by atoms with Crippen molar-refractivity contribution < 1.29 is 9.90 Å². The van der Waals surface area contributed by atoms with E-state index in [1.807, 2.05) is 19.1 Å². The van der Waals surface area contributed by atoms with Gasteiger partial charge in [0.25, 0.3) is 0 Å². The van der Waals surface area contributed by atoms with E-state index in [4.69, 9.17) is 5.73 Å². The van der Waals surface area contributed by atoms with Crippen molar-refractivity contribution in [3.63, 3.8) is 0 Å². The van der Waals surface area contributed by atoms with Crippen LogP contribution in [0.25, 0.3) is 0 Å². The second kappa shape index (κ2) is 4.97. The molecule has 106 valence electrons. The van der Waals surface area contributed by atoms with Gasteiger partial charge in [0.05, 0.1) is 5.41 Å². The fourth-order valence-corrected chi connectivity index (χ4v) is 1.96. The minimum atomic E-state index is -0.985. The molecule has 1 aromatic carbocycles.